The van der Waals surface area contributed by atoms with Crippen molar-refractivity contribution < 1.29 is 0 Å². The van der Waals surface area contributed by atoms with Crippen LogP contribution in [0.25, 0.3) is 0 Å². The molecule has 0 aromatic carbocycles. The van der Waals surface area contributed by atoms with Gasteiger partial charge in [0.05, 0.1) is 5.69 Å². The van der Waals surface area contributed by atoms with Crippen LogP contribution in [-0.4, -0.2) is 24.1 Å². The van der Waals surface area contributed by atoms with Gasteiger partial charge >= 0.3 is 0 Å². The van der Waals surface area contributed by atoms with Gasteiger partial charge < -0.3 is 10.2 Å². The van der Waals surface area contributed by atoms with E-state index in [0.29, 0.717) is 17.9 Å². The Kier molecular flexibility index (Phi) is 8.27. The summed E-state index contributed by atoms with van der Waals surface area (Å²) < 4.78 is 0. The van der Waals surface area contributed by atoms with Crippen molar-refractivity contribution in [1.82, 2.24) is 10.3 Å². The quantitative estimate of drug-likeness (QED) is 0.687. The second-order valence-corrected chi connectivity index (χ2v) is 7.50. The minimum atomic E-state index is 0.607. The topological polar surface area (TPSA) is 28.2 Å². The molecule has 0 fully saturated rings. The van der Waals surface area contributed by atoms with Gasteiger partial charge in [0, 0.05) is 24.5 Å². The van der Waals surface area contributed by atoms with Gasteiger partial charge in [0.2, 0.25) is 0 Å². The zero-order valence-corrected chi connectivity index (χ0v) is 15.5. The summed E-state index contributed by atoms with van der Waals surface area (Å²) in [4.78, 5) is 7.37. The van der Waals surface area contributed by atoms with Crippen LogP contribution in [0.4, 0.5) is 5.13 Å². The van der Waals surface area contributed by atoms with Crippen molar-refractivity contribution in [3.8, 4) is 0 Å². The Labute approximate surface area is 135 Å². The Morgan fingerprint density at radius 3 is 2.33 bits per heavy atom. The van der Waals surface area contributed by atoms with Crippen LogP contribution < -0.4 is 10.2 Å². The third kappa shape index (κ3) is 6.35. The zero-order chi connectivity index (χ0) is 15.8. The molecule has 0 atom stereocenters. The monoisotopic (exact) mass is 311 g/mol. The molecule has 4 heteroatoms. The van der Waals surface area contributed by atoms with Crippen molar-refractivity contribution in [1.29, 1.82) is 0 Å². The van der Waals surface area contributed by atoms with Crippen molar-refractivity contribution in [3.05, 3.63) is 11.1 Å². The van der Waals surface area contributed by atoms with Crippen molar-refractivity contribution >= 4 is 16.5 Å². The minimum absolute atomic E-state index is 0.607. The van der Waals surface area contributed by atoms with Crippen LogP contribution >= 0.6 is 11.3 Å². The van der Waals surface area contributed by atoms with Gasteiger partial charge in [-0.2, -0.15) is 0 Å². The summed E-state index contributed by atoms with van der Waals surface area (Å²) in [5, 5.41) is 6.88. The number of anilines is 1. The van der Waals surface area contributed by atoms with E-state index in [0.717, 1.165) is 19.6 Å². The van der Waals surface area contributed by atoms with Crippen LogP contribution in [0.5, 0.6) is 0 Å². The number of rotatable bonds is 10. The van der Waals surface area contributed by atoms with Gasteiger partial charge in [-0.25, -0.2) is 4.98 Å². The van der Waals surface area contributed by atoms with Gasteiger partial charge in [0.15, 0.2) is 5.13 Å². The van der Waals surface area contributed by atoms with E-state index >= 15 is 0 Å². The lowest BCUT2D eigenvalue weighted by atomic mass is 10.1. The molecule has 3 nitrogen and oxygen atoms in total. The molecular formula is C17H33N3S. The maximum atomic E-state index is 4.86. The summed E-state index contributed by atoms with van der Waals surface area (Å²) in [5.74, 6) is 1.35. The van der Waals surface area contributed by atoms with E-state index in [-0.39, 0.29) is 0 Å². The maximum absolute atomic E-state index is 4.86. The minimum Gasteiger partial charge on any atom is -0.345 e. The summed E-state index contributed by atoms with van der Waals surface area (Å²) in [6, 6.07) is 0.607. The molecule has 1 rings (SSSR count). The van der Waals surface area contributed by atoms with Crippen LogP contribution in [0.3, 0.4) is 0 Å². The number of nitrogens with one attached hydrogen (secondary N) is 1. The van der Waals surface area contributed by atoms with Gasteiger partial charge in [-0.3, -0.25) is 0 Å². The standard InChI is InChI=1S/C17H33N3S/c1-7-16(8-2)20(11-14(5)6)17-19-15(12-21-17)10-18-9-13(3)4/h12-14,16,18H,7-11H2,1-6H3. The summed E-state index contributed by atoms with van der Waals surface area (Å²) in [6.45, 7) is 16.6. The Hall–Kier alpha value is -0.610. The molecular weight excluding hydrogens is 278 g/mol. The third-order valence-corrected chi connectivity index (χ3v) is 4.52. The highest BCUT2D eigenvalue weighted by Gasteiger charge is 2.19. The highest BCUT2D eigenvalue weighted by molar-refractivity contribution is 7.13. The SMILES string of the molecule is CCC(CC)N(CC(C)C)c1nc(CNCC(C)C)cs1. The second-order valence-electron chi connectivity index (χ2n) is 6.66. The molecule has 21 heavy (non-hydrogen) atoms. The first-order chi connectivity index (χ1) is 9.97. The highest BCUT2D eigenvalue weighted by atomic mass is 32.1. The molecule has 0 aliphatic heterocycles. The molecule has 0 radical (unpaired) electrons. The van der Waals surface area contributed by atoms with E-state index in [1.54, 1.807) is 11.3 Å². The van der Waals surface area contributed by atoms with E-state index in [1.165, 1.54) is 23.7 Å². The first-order valence-corrected chi connectivity index (χ1v) is 9.27. The van der Waals surface area contributed by atoms with Crippen LogP contribution in [0.2, 0.25) is 0 Å². The van der Waals surface area contributed by atoms with Gasteiger partial charge in [0.25, 0.3) is 0 Å². The zero-order valence-electron chi connectivity index (χ0n) is 14.6. The van der Waals surface area contributed by atoms with E-state index in [4.69, 9.17) is 4.98 Å². The van der Waals surface area contributed by atoms with Crippen molar-refractivity contribution in [2.45, 2.75) is 67.0 Å². The molecule has 0 unspecified atom stereocenters. The van der Waals surface area contributed by atoms with Crippen LogP contribution in [0, 0.1) is 11.8 Å². The van der Waals surface area contributed by atoms with Crippen LogP contribution in [0.15, 0.2) is 5.38 Å². The summed E-state index contributed by atoms with van der Waals surface area (Å²) >= 11 is 1.79. The van der Waals surface area contributed by atoms with E-state index in [1.807, 2.05) is 0 Å². The second kappa shape index (κ2) is 9.42. The maximum Gasteiger partial charge on any atom is 0.185 e. The molecule has 0 saturated carbocycles. The summed E-state index contributed by atoms with van der Waals surface area (Å²) in [6.07, 6.45) is 2.37. The van der Waals surface area contributed by atoms with Crippen molar-refractivity contribution in [3.63, 3.8) is 0 Å². The predicted molar refractivity (Wildman–Crippen MR) is 95.2 cm³/mol. The normalized spacial score (nSPS) is 11.9. The van der Waals surface area contributed by atoms with Gasteiger partial charge in [-0.15, -0.1) is 11.3 Å². The Bertz CT molecular complexity index is 383. The predicted octanol–water partition coefficient (Wildman–Crippen LogP) is 4.54. The Morgan fingerprint density at radius 2 is 1.81 bits per heavy atom. The fourth-order valence-corrected chi connectivity index (χ4v) is 3.41. The molecule has 1 aromatic heterocycles. The number of hydrogen-bond acceptors (Lipinski definition) is 4. The summed E-state index contributed by atoms with van der Waals surface area (Å²) in [5.41, 5.74) is 1.18. The fraction of sp³-hybridized carbons (Fsp3) is 0.824. The number of hydrogen-bond donors (Lipinski definition) is 1. The molecule has 0 spiro atoms. The first kappa shape index (κ1) is 18.4. The molecule has 0 amide bonds. The van der Waals surface area contributed by atoms with Crippen LogP contribution in [-0.2, 0) is 6.54 Å². The highest BCUT2D eigenvalue weighted by Crippen LogP contribution is 2.26. The molecule has 1 aromatic rings. The molecule has 0 saturated heterocycles. The first-order valence-electron chi connectivity index (χ1n) is 8.39. The van der Waals surface area contributed by atoms with Gasteiger partial charge in [-0.05, 0) is 31.2 Å². The smallest absolute Gasteiger partial charge is 0.185 e. The Morgan fingerprint density at radius 1 is 1.14 bits per heavy atom. The lowest BCUT2D eigenvalue weighted by Gasteiger charge is -2.31. The molecule has 1 heterocycles. The third-order valence-electron chi connectivity index (χ3n) is 3.59. The number of nitrogens with zero attached hydrogens (tertiary/aromatic N) is 2. The van der Waals surface area contributed by atoms with Gasteiger partial charge in [-0.1, -0.05) is 41.5 Å². The van der Waals surface area contributed by atoms with Crippen LogP contribution in [0.1, 0.15) is 60.1 Å². The molecule has 0 aliphatic carbocycles. The molecule has 1 N–H and O–H groups in total. The van der Waals surface area contributed by atoms with Crippen molar-refractivity contribution in [2.24, 2.45) is 11.8 Å². The van der Waals surface area contributed by atoms with E-state index in [9.17, 15) is 0 Å². The molecule has 0 bridgehead atoms. The largest absolute Gasteiger partial charge is 0.345 e. The lowest BCUT2D eigenvalue weighted by molar-refractivity contribution is 0.505. The number of aromatic nitrogens is 1. The Balaban J connectivity index is 2.72. The van der Waals surface area contributed by atoms with E-state index < -0.39 is 0 Å². The molecule has 122 valence electrons. The summed E-state index contributed by atoms with van der Waals surface area (Å²) in [7, 11) is 0. The average molecular weight is 312 g/mol. The number of thiazole rings is 1. The van der Waals surface area contributed by atoms with E-state index in [2.05, 4.69) is 57.1 Å². The molecule has 0 aliphatic rings. The van der Waals surface area contributed by atoms with Gasteiger partial charge in [0.1, 0.15) is 0 Å². The fourth-order valence-electron chi connectivity index (χ4n) is 2.50. The average Bonchev–Trinajstić information content (AvgIpc) is 2.86. The lowest BCUT2D eigenvalue weighted by Crippen LogP contribution is -2.37. The van der Waals surface area contributed by atoms with Crippen molar-refractivity contribution in [2.75, 3.05) is 18.0 Å².